The standard InChI is InChI=1S/C18H13ClN6O/c19-16-4-2-1-3-14(16)17-15(11-21-23-17)18(26)22-12-5-7-13(8-6-12)25-10-9-20-24-25/h1-11H,(H,21,23)(H,22,26). The molecule has 8 heteroatoms. The second-order valence-electron chi connectivity index (χ2n) is 5.49. The fourth-order valence-electron chi connectivity index (χ4n) is 2.57. The maximum Gasteiger partial charge on any atom is 0.259 e. The lowest BCUT2D eigenvalue weighted by atomic mass is 10.1. The number of amides is 1. The zero-order valence-corrected chi connectivity index (χ0v) is 14.2. The molecule has 128 valence electrons. The molecule has 0 spiro atoms. The van der Waals surface area contributed by atoms with Gasteiger partial charge in [0.1, 0.15) is 0 Å². The molecule has 7 nitrogen and oxygen atoms in total. The molecule has 0 aliphatic carbocycles. The predicted molar refractivity (Wildman–Crippen MR) is 98.3 cm³/mol. The van der Waals surface area contributed by atoms with Crippen LogP contribution in [0.3, 0.4) is 0 Å². The van der Waals surface area contributed by atoms with Crippen molar-refractivity contribution in [1.82, 2.24) is 25.2 Å². The maximum atomic E-state index is 12.7. The molecule has 0 bridgehead atoms. The van der Waals surface area contributed by atoms with Crippen LogP contribution >= 0.6 is 11.6 Å². The van der Waals surface area contributed by atoms with Crippen LogP contribution in [0.1, 0.15) is 10.4 Å². The molecule has 0 aliphatic rings. The molecule has 2 aromatic carbocycles. The number of hydrogen-bond acceptors (Lipinski definition) is 4. The second-order valence-corrected chi connectivity index (χ2v) is 5.89. The third kappa shape index (κ3) is 3.07. The summed E-state index contributed by atoms with van der Waals surface area (Å²) < 4.78 is 1.64. The molecule has 0 saturated carbocycles. The minimum Gasteiger partial charge on any atom is -0.322 e. The van der Waals surface area contributed by atoms with Gasteiger partial charge < -0.3 is 5.32 Å². The first-order valence-electron chi connectivity index (χ1n) is 7.79. The van der Waals surface area contributed by atoms with Gasteiger partial charge in [0.2, 0.25) is 0 Å². The Morgan fingerprint density at radius 3 is 2.65 bits per heavy atom. The molecule has 0 saturated heterocycles. The third-order valence-corrected chi connectivity index (χ3v) is 4.17. The van der Waals surface area contributed by atoms with Crippen LogP contribution in [0.2, 0.25) is 5.02 Å². The minimum absolute atomic E-state index is 0.276. The van der Waals surface area contributed by atoms with Crippen LogP contribution in [0, 0.1) is 0 Å². The van der Waals surface area contributed by atoms with Crippen molar-refractivity contribution in [3.05, 3.63) is 77.7 Å². The van der Waals surface area contributed by atoms with Gasteiger partial charge in [-0.15, -0.1) is 5.10 Å². The summed E-state index contributed by atoms with van der Waals surface area (Å²) in [7, 11) is 0. The van der Waals surface area contributed by atoms with Crippen LogP contribution in [0.15, 0.2) is 67.1 Å². The summed E-state index contributed by atoms with van der Waals surface area (Å²) in [5.74, 6) is -0.276. The lowest BCUT2D eigenvalue weighted by Crippen LogP contribution is -2.12. The van der Waals surface area contributed by atoms with E-state index in [2.05, 4.69) is 25.8 Å². The highest BCUT2D eigenvalue weighted by atomic mass is 35.5. The zero-order chi connectivity index (χ0) is 17.9. The molecule has 1 amide bonds. The van der Waals surface area contributed by atoms with Crippen LogP contribution in [-0.4, -0.2) is 31.1 Å². The summed E-state index contributed by atoms with van der Waals surface area (Å²) >= 11 is 6.23. The molecule has 0 radical (unpaired) electrons. The van der Waals surface area contributed by atoms with Crippen molar-refractivity contribution in [3.8, 4) is 16.9 Å². The molecule has 26 heavy (non-hydrogen) atoms. The van der Waals surface area contributed by atoms with Crippen LogP contribution in [0.4, 0.5) is 5.69 Å². The first-order valence-corrected chi connectivity index (χ1v) is 8.16. The number of rotatable bonds is 4. The average Bonchev–Trinajstić information content (AvgIpc) is 3.35. The van der Waals surface area contributed by atoms with E-state index in [9.17, 15) is 4.79 Å². The molecule has 2 N–H and O–H groups in total. The second kappa shape index (κ2) is 6.81. The molecule has 0 fully saturated rings. The first kappa shape index (κ1) is 16.0. The van der Waals surface area contributed by atoms with E-state index in [1.165, 1.54) is 6.20 Å². The number of H-pyrrole nitrogens is 1. The monoisotopic (exact) mass is 364 g/mol. The molecule has 4 aromatic rings. The quantitative estimate of drug-likeness (QED) is 0.579. The van der Waals surface area contributed by atoms with E-state index in [1.54, 1.807) is 35.3 Å². The number of carbonyl (C=O) groups excluding carboxylic acids is 1. The highest BCUT2D eigenvalue weighted by molar-refractivity contribution is 6.33. The van der Waals surface area contributed by atoms with E-state index in [1.807, 2.05) is 30.3 Å². The van der Waals surface area contributed by atoms with Gasteiger partial charge in [0.25, 0.3) is 5.91 Å². The summed E-state index contributed by atoms with van der Waals surface area (Å²) in [5.41, 5.74) is 3.22. The van der Waals surface area contributed by atoms with Crippen molar-refractivity contribution in [2.24, 2.45) is 0 Å². The van der Waals surface area contributed by atoms with Crippen LogP contribution in [0.5, 0.6) is 0 Å². The first-order chi connectivity index (χ1) is 12.7. The number of aromatic amines is 1. The number of benzene rings is 2. The van der Waals surface area contributed by atoms with Gasteiger partial charge in [0.15, 0.2) is 0 Å². The van der Waals surface area contributed by atoms with Gasteiger partial charge in [-0.1, -0.05) is 35.0 Å². The number of nitrogens with one attached hydrogen (secondary N) is 2. The third-order valence-electron chi connectivity index (χ3n) is 3.84. The molecular formula is C18H13ClN6O. The minimum atomic E-state index is -0.276. The number of nitrogens with zero attached hydrogens (tertiary/aromatic N) is 4. The topological polar surface area (TPSA) is 88.5 Å². The lowest BCUT2D eigenvalue weighted by molar-refractivity contribution is 0.102. The average molecular weight is 365 g/mol. The van der Waals surface area contributed by atoms with Crippen molar-refractivity contribution in [1.29, 1.82) is 0 Å². The van der Waals surface area contributed by atoms with E-state index in [4.69, 9.17) is 11.6 Å². The number of aromatic nitrogens is 5. The van der Waals surface area contributed by atoms with Crippen molar-refractivity contribution in [3.63, 3.8) is 0 Å². The Kier molecular flexibility index (Phi) is 4.20. The van der Waals surface area contributed by atoms with Crippen molar-refractivity contribution in [2.75, 3.05) is 5.32 Å². The van der Waals surface area contributed by atoms with Crippen molar-refractivity contribution in [2.45, 2.75) is 0 Å². The normalized spacial score (nSPS) is 10.7. The Hall–Kier alpha value is -3.45. The zero-order valence-electron chi connectivity index (χ0n) is 13.4. The van der Waals surface area contributed by atoms with E-state index >= 15 is 0 Å². The van der Waals surface area contributed by atoms with Gasteiger partial charge >= 0.3 is 0 Å². The summed E-state index contributed by atoms with van der Waals surface area (Å²) in [6.45, 7) is 0. The van der Waals surface area contributed by atoms with E-state index in [-0.39, 0.29) is 5.91 Å². The van der Waals surface area contributed by atoms with Crippen molar-refractivity contribution < 1.29 is 4.79 Å². The van der Waals surface area contributed by atoms with Crippen LogP contribution in [-0.2, 0) is 0 Å². The highest BCUT2D eigenvalue weighted by Gasteiger charge is 2.17. The number of carbonyl (C=O) groups is 1. The van der Waals surface area contributed by atoms with Gasteiger partial charge in [-0.05, 0) is 30.3 Å². The fraction of sp³-hybridized carbons (Fsp3) is 0. The summed E-state index contributed by atoms with van der Waals surface area (Å²) in [6, 6.07) is 14.6. The van der Waals surface area contributed by atoms with E-state index < -0.39 is 0 Å². The van der Waals surface area contributed by atoms with E-state index in [0.29, 0.717) is 22.0 Å². The highest BCUT2D eigenvalue weighted by Crippen LogP contribution is 2.28. The Labute approximate surface area is 153 Å². The Balaban J connectivity index is 1.56. The molecule has 0 aliphatic heterocycles. The predicted octanol–water partition coefficient (Wildman–Crippen LogP) is 3.56. The number of halogens is 1. The van der Waals surface area contributed by atoms with Crippen LogP contribution in [0.25, 0.3) is 16.9 Å². The molecule has 2 heterocycles. The molecule has 0 atom stereocenters. The smallest absolute Gasteiger partial charge is 0.259 e. The summed E-state index contributed by atoms with van der Waals surface area (Å²) in [5, 5.41) is 17.9. The number of hydrogen-bond donors (Lipinski definition) is 2. The summed E-state index contributed by atoms with van der Waals surface area (Å²) in [6.07, 6.45) is 4.83. The largest absolute Gasteiger partial charge is 0.322 e. The van der Waals surface area contributed by atoms with Crippen molar-refractivity contribution >= 4 is 23.2 Å². The summed E-state index contributed by atoms with van der Waals surface area (Å²) in [4.78, 5) is 12.7. The van der Waals surface area contributed by atoms with Gasteiger partial charge in [0, 0.05) is 16.3 Å². The van der Waals surface area contributed by atoms with Gasteiger partial charge in [-0.3, -0.25) is 9.89 Å². The van der Waals surface area contributed by atoms with E-state index in [0.717, 1.165) is 11.3 Å². The molecule has 4 rings (SSSR count). The van der Waals surface area contributed by atoms with Gasteiger partial charge in [-0.2, -0.15) is 5.10 Å². The lowest BCUT2D eigenvalue weighted by Gasteiger charge is -2.08. The van der Waals surface area contributed by atoms with Gasteiger partial charge in [-0.25, -0.2) is 4.68 Å². The molecule has 0 unspecified atom stereocenters. The number of anilines is 1. The molecule has 2 aromatic heterocycles. The van der Waals surface area contributed by atoms with Crippen LogP contribution < -0.4 is 5.32 Å². The Bertz CT molecular complexity index is 1040. The molecular weight excluding hydrogens is 352 g/mol. The Morgan fingerprint density at radius 2 is 1.92 bits per heavy atom. The SMILES string of the molecule is O=C(Nc1ccc(-n2ccnn2)cc1)c1cn[nH]c1-c1ccccc1Cl. The fourth-order valence-corrected chi connectivity index (χ4v) is 2.80. The Morgan fingerprint density at radius 1 is 1.12 bits per heavy atom. The maximum absolute atomic E-state index is 12.7. The van der Waals surface area contributed by atoms with Gasteiger partial charge in [0.05, 0.1) is 35.5 Å².